The molecular weight excluding hydrogens is 398 g/mol. The second-order valence-corrected chi connectivity index (χ2v) is 9.21. The van der Waals surface area contributed by atoms with E-state index in [2.05, 4.69) is 12.2 Å². The van der Waals surface area contributed by atoms with Gasteiger partial charge in [-0.3, -0.25) is 9.59 Å². The monoisotopic (exact) mass is 445 g/mol. The van der Waals surface area contributed by atoms with Crippen molar-refractivity contribution in [1.82, 2.24) is 5.32 Å². The van der Waals surface area contributed by atoms with Crippen molar-refractivity contribution < 1.29 is 14.7 Å². The molecule has 2 N–H and O–H groups in total. The quantitative estimate of drug-likeness (QED) is 0.195. The molecule has 1 rings (SSSR count). The average molecular weight is 446 g/mol. The summed E-state index contributed by atoms with van der Waals surface area (Å²) in [5.74, 6) is -1.42. The molecular formula is C28H47NO3. The van der Waals surface area contributed by atoms with Crippen molar-refractivity contribution >= 4 is 11.9 Å². The number of hydrogen-bond acceptors (Lipinski definition) is 2. The van der Waals surface area contributed by atoms with Gasteiger partial charge in [0.2, 0.25) is 5.91 Å². The summed E-state index contributed by atoms with van der Waals surface area (Å²) in [7, 11) is 0. The van der Waals surface area contributed by atoms with Gasteiger partial charge >= 0.3 is 5.97 Å². The fourth-order valence-corrected chi connectivity index (χ4v) is 4.24. The van der Waals surface area contributed by atoms with Crippen molar-refractivity contribution in [3.05, 3.63) is 35.9 Å². The average Bonchev–Trinajstić information content (AvgIpc) is 2.79. The predicted octanol–water partition coefficient (Wildman–Crippen LogP) is 7.31. The Balaban J connectivity index is 2.05. The van der Waals surface area contributed by atoms with Gasteiger partial charge < -0.3 is 10.4 Å². The lowest BCUT2D eigenvalue weighted by Gasteiger charge is -2.15. The largest absolute Gasteiger partial charge is 0.481 e. The summed E-state index contributed by atoms with van der Waals surface area (Å²) >= 11 is 0. The smallest absolute Gasteiger partial charge is 0.304 e. The minimum absolute atomic E-state index is 0.0738. The topological polar surface area (TPSA) is 66.4 Å². The van der Waals surface area contributed by atoms with Gasteiger partial charge in [0.1, 0.15) is 0 Å². The first kappa shape index (κ1) is 28.2. The molecule has 0 radical (unpaired) electrons. The molecule has 0 aliphatic carbocycles. The van der Waals surface area contributed by atoms with Crippen LogP contribution >= 0.6 is 0 Å². The maximum absolute atomic E-state index is 12.5. The molecule has 1 amide bonds. The SMILES string of the molecule is CCCCCCCCCCCCCCCCC(CC(=O)O)C(=O)NCCc1ccccc1. The molecule has 182 valence electrons. The number of carboxylic acids is 1. The van der Waals surface area contributed by atoms with Crippen LogP contribution in [0.2, 0.25) is 0 Å². The zero-order valence-electron chi connectivity index (χ0n) is 20.5. The molecule has 0 aliphatic heterocycles. The third-order valence-electron chi connectivity index (χ3n) is 6.25. The highest BCUT2D eigenvalue weighted by molar-refractivity contribution is 5.83. The molecule has 0 saturated heterocycles. The van der Waals surface area contributed by atoms with Crippen molar-refractivity contribution in [2.45, 2.75) is 116 Å². The lowest BCUT2D eigenvalue weighted by atomic mass is 9.96. The van der Waals surface area contributed by atoms with Crippen LogP contribution in [0.25, 0.3) is 0 Å². The molecule has 1 aromatic rings. The van der Waals surface area contributed by atoms with Crippen molar-refractivity contribution in [3.8, 4) is 0 Å². The van der Waals surface area contributed by atoms with Gasteiger partial charge in [-0.1, -0.05) is 127 Å². The van der Waals surface area contributed by atoms with E-state index in [0.29, 0.717) is 13.0 Å². The standard InChI is InChI=1S/C28H47NO3/c1-2-3-4-5-6-7-8-9-10-11-12-13-14-18-21-26(24-27(30)31)28(32)29-23-22-25-19-16-15-17-20-25/h15-17,19-20,26H,2-14,18,21-24H2,1H3,(H,29,32)(H,30,31). The first-order chi connectivity index (χ1) is 15.6. The summed E-state index contributed by atoms with van der Waals surface area (Å²) in [5.41, 5.74) is 1.18. The van der Waals surface area contributed by atoms with Crippen LogP contribution in [0.4, 0.5) is 0 Å². The van der Waals surface area contributed by atoms with Crippen LogP contribution in [0.1, 0.15) is 115 Å². The number of carbonyl (C=O) groups is 2. The first-order valence-corrected chi connectivity index (χ1v) is 13.2. The summed E-state index contributed by atoms with van der Waals surface area (Å²) in [6, 6.07) is 10.0. The Morgan fingerprint density at radius 2 is 1.28 bits per heavy atom. The third kappa shape index (κ3) is 15.9. The molecule has 4 nitrogen and oxygen atoms in total. The van der Waals surface area contributed by atoms with Crippen molar-refractivity contribution in [1.29, 1.82) is 0 Å². The van der Waals surface area contributed by atoms with Gasteiger partial charge in [0.15, 0.2) is 0 Å². The molecule has 4 heteroatoms. The second kappa shape index (κ2) is 19.8. The van der Waals surface area contributed by atoms with Gasteiger partial charge in [-0.25, -0.2) is 0 Å². The molecule has 32 heavy (non-hydrogen) atoms. The molecule has 1 atom stereocenters. The summed E-state index contributed by atoms with van der Waals surface area (Å²) in [5, 5.41) is 12.1. The predicted molar refractivity (Wildman–Crippen MR) is 134 cm³/mol. The van der Waals surface area contributed by atoms with Gasteiger partial charge in [0, 0.05) is 12.5 Å². The molecule has 0 heterocycles. The molecule has 1 aromatic carbocycles. The molecule has 0 spiro atoms. The fraction of sp³-hybridized carbons (Fsp3) is 0.714. The van der Waals surface area contributed by atoms with E-state index in [1.165, 1.54) is 82.6 Å². The number of nitrogens with one attached hydrogen (secondary N) is 1. The van der Waals surface area contributed by atoms with E-state index in [-0.39, 0.29) is 12.3 Å². The summed E-state index contributed by atoms with van der Waals surface area (Å²) in [4.78, 5) is 23.6. The minimum Gasteiger partial charge on any atom is -0.481 e. The summed E-state index contributed by atoms with van der Waals surface area (Å²) in [6.07, 6.45) is 19.5. The number of carbonyl (C=O) groups excluding carboxylic acids is 1. The van der Waals surface area contributed by atoms with E-state index < -0.39 is 11.9 Å². The maximum Gasteiger partial charge on any atom is 0.304 e. The third-order valence-corrected chi connectivity index (χ3v) is 6.25. The van der Waals surface area contributed by atoms with Crippen LogP contribution in [0, 0.1) is 5.92 Å². The van der Waals surface area contributed by atoms with E-state index in [1.54, 1.807) is 0 Å². The lowest BCUT2D eigenvalue weighted by molar-refractivity contribution is -0.141. The Labute approximate surface area is 196 Å². The summed E-state index contributed by atoms with van der Waals surface area (Å²) < 4.78 is 0. The molecule has 0 aromatic heterocycles. The van der Waals surface area contributed by atoms with Crippen LogP contribution in [0.5, 0.6) is 0 Å². The van der Waals surface area contributed by atoms with Gasteiger partial charge in [0.05, 0.1) is 6.42 Å². The van der Waals surface area contributed by atoms with Crippen LogP contribution in [0.3, 0.4) is 0 Å². The van der Waals surface area contributed by atoms with Crippen LogP contribution in [-0.2, 0) is 16.0 Å². The van der Waals surface area contributed by atoms with Crippen molar-refractivity contribution in [3.63, 3.8) is 0 Å². The van der Waals surface area contributed by atoms with E-state index in [9.17, 15) is 14.7 Å². The highest BCUT2D eigenvalue weighted by Gasteiger charge is 2.20. The highest BCUT2D eigenvalue weighted by atomic mass is 16.4. The van der Waals surface area contributed by atoms with Crippen LogP contribution in [0.15, 0.2) is 30.3 Å². The van der Waals surface area contributed by atoms with E-state index >= 15 is 0 Å². The molecule has 0 saturated carbocycles. The first-order valence-electron chi connectivity index (χ1n) is 13.2. The Morgan fingerprint density at radius 1 is 0.781 bits per heavy atom. The van der Waals surface area contributed by atoms with Gasteiger partial charge in [-0.2, -0.15) is 0 Å². The number of benzene rings is 1. The minimum atomic E-state index is -0.890. The van der Waals surface area contributed by atoms with Crippen molar-refractivity contribution in [2.24, 2.45) is 5.92 Å². The molecule has 0 bridgehead atoms. The number of unbranched alkanes of at least 4 members (excludes halogenated alkanes) is 13. The van der Waals surface area contributed by atoms with Crippen LogP contribution < -0.4 is 5.32 Å². The Hall–Kier alpha value is -1.84. The summed E-state index contributed by atoms with van der Waals surface area (Å²) in [6.45, 7) is 2.82. The lowest BCUT2D eigenvalue weighted by Crippen LogP contribution is -2.33. The van der Waals surface area contributed by atoms with Gasteiger partial charge in [0.25, 0.3) is 0 Å². The molecule has 0 aliphatic rings. The van der Waals surface area contributed by atoms with E-state index in [4.69, 9.17) is 0 Å². The highest BCUT2D eigenvalue weighted by Crippen LogP contribution is 2.17. The normalized spacial score (nSPS) is 11.9. The van der Waals surface area contributed by atoms with E-state index in [1.807, 2.05) is 30.3 Å². The molecule has 1 unspecified atom stereocenters. The number of aliphatic carboxylic acids is 1. The maximum atomic E-state index is 12.5. The number of amides is 1. The van der Waals surface area contributed by atoms with E-state index in [0.717, 1.165) is 19.3 Å². The number of hydrogen-bond donors (Lipinski definition) is 2. The Kier molecular flexibility index (Phi) is 17.5. The second-order valence-electron chi connectivity index (χ2n) is 9.21. The van der Waals surface area contributed by atoms with Gasteiger partial charge in [-0.15, -0.1) is 0 Å². The van der Waals surface area contributed by atoms with Gasteiger partial charge in [-0.05, 0) is 18.4 Å². The van der Waals surface area contributed by atoms with Crippen LogP contribution in [-0.4, -0.2) is 23.5 Å². The Morgan fingerprint density at radius 3 is 1.78 bits per heavy atom. The molecule has 0 fully saturated rings. The Bertz CT molecular complexity index is 588. The number of carboxylic acid groups (broad SMARTS) is 1. The zero-order valence-corrected chi connectivity index (χ0v) is 20.5. The fourth-order valence-electron chi connectivity index (χ4n) is 4.24. The number of rotatable bonds is 21. The zero-order chi connectivity index (χ0) is 23.3. The van der Waals surface area contributed by atoms with Crippen molar-refractivity contribution in [2.75, 3.05) is 6.54 Å².